The van der Waals surface area contributed by atoms with E-state index in [1.165, 1.54) is 0 Å². The molecule has 0 unspecified atom stereocenters. The second-order valence-corrected chi connectivity index (χ2v) is 5.27. The Morgan fingerprint density at radius 3 is 2.32 bits per heavy atom. The summed E-state index contributed by atoms with van der Waals surface area (Å²) in [7, 11) is 0. The van der Waals surface area contributed by atoms with Crippen LogP contribution in [0, 0.1) is 5.92 Å². The summed E-state index contributed by atoms with van der Waals surface area (Å²) in [4.78, 5) is 35.6. The Kier molecular flexibility index (Phi) is 4.39. The van der Waals surface area contributed by atoms with Crippen LogP contribution in [-0.4, -0.2) is 52.8 Å². The number of nitrogens with zero attached hydrogens (tertiary/aromatic N) is 1. The number of carbonyl (C=O) groups excluding carboxylic acids is 2. The molecule has 0 saturated carbocycles. The van der Waals surface area contributed by atoms with Crippen LogP contribution in [0.4, 0.5) is 4.79 Å². The van der Waals surface area contributed by atoms with E-state index in [0.717, 1.165) is 4.90 Å². The van der Waals surface area contributed by atoms with E-state index in [0.29, 0.717) is 0 Å². The van der Waals surface area contributed by atoms with Crippen molar-refractivity contribution >= 4 is 18.0 Å². The van der Waals surface area contributed by atoms with Gasteiger partial charge in [-0.3, -0.25) is 9.69 Å². The number of amides is 1. The van der Waals surface area contributed by atoms with Gasteiger partial charge in [0.25, 0.3) is 0 Å². The lowest BCUT2D eigenvalue weighted by Gasteiger charge is -2.43. The molecule has 0 radical (unpaired) electrons. The zero-order valence-corrected chi connectivity index (χ0v) is 11.5. The van der Waals surface area contributed by atoms with E-state index >= 15 is 0 Å². The first-order valence-corrected chi connectivity index (χ1v) is 6.06. The summed E-state index contributed by atoms with van der Waals surface area (Å²) < 4.78 is 9.90. The minimum Gasteiger partial charge on any atom is -0.481 e. The second-order valence-electron chi connectivity index (χ2n) is 5.27. The maximum atomic E-state index is 11.8. The average Bonchev–Trinajstić information content (AvgIpc) is 2.11. The third-order valence-electron chi connectivity index (χ3n) is 2.58. The van der Waals surface area contributed by atoms with Crippen molar-refractivity contribution in [2.24, 2.45) is 5.92 Å². The van der Waals surface area contributed by atoms with Gasteiger partial charge in [-0.1, -0.05) is 0 Å². The molecule has 0 bridgehead atoms. The van der Waals surface area contributed by atoms with Gasteiger partial charge < -0.3 is 14.6 Å². The van der Waals surface area contributed by atoms with Crippen LogP contribution in [0.3, 0.4) is 0 Å². The van der Waals surface area contributed by atoms with Gasteiger partial charge in [0.1, 0.15) is 17.6 Å². The van der Waals surface area contributed by atoms with Crippen molar-refractivity contribution in [2.45, 2.75) is 39.3 Å². The Morgan fingerprint density at radius 2 is 1.89 bits per heavy atom. The van der Waals surface area contributed by atoms with Crippen LogP contribution in [0.1, 0.15) is 27.7 Å². The molecule has 0 aromatic heterocycles. The average molecular weight is 273 g/mol. The molecule has 0 aromatic rings. The molecular weight excluding hydrogens is 254 g/mol. The normalized spacial score (nSPS) is 22.4. The first-order valence-electron chi connectivity index (χ1n) is 6.06. The van der Waals surface area contributed by atoms with Crippen molar-refractivity contribution in [3.05, 3.63) is 0 Å². The Bertz CT molecular complexity index is 386. The maximum absolute atomic E-state index is 11.8. The van der Waals surface area contributed by atoms with Crippen molar-refractivity contribution in [2.75, 3.05) is 13.2 Å². The summed E-state index contributed by atoms with van der Waals surface area (Å²) in [5, 5.41) is 8.97. The molecule has 1 heterocycles. The van der Waals surface area contributed by atoms with Crippen molar-refractivity contribution < 1.29 is 29.0 Å². The van der Waals surface area contributed by atoms with Gasteiger partial charge in [-0.05, 0) is 27.7 Å². The lowest BCUT2D eigenvalue weighted by Crippen LogP contribution is -2.65. The number of likely N-dealkylation sites (tertiary alicyclic amines) is 1. The van der Waals surface area contributed by atoms with E-state index in [2.05, 4.69) is 0 Å². The molecule has 1 saturated heterocycles. The summed E-state index contributed by atoms with van der Waals surface area (Å²) >= 11 is 0. The standard InChI is InChI=1S/C12H19NO6/c1-5-18-10(16)8-7(9(14)15)6-13(8)11(17)19-12(2,3)4/h7-8H,5-6H2,1-4H3,(H,14,15)/t7-,8-/m1/s1. The number of aliphatic carboxylic acids is 1. The van der Waals surface area contributed by atoms with Crippen LogP contribution in [-0.2, 0) is 19.1 Å². The highest BCUT2D eigenvalue weighted by Crippen LogP contribution is 2.28. The third-order valence-corrected chi connectivity index (χ3v) is 2.58. The van der Waals surface area contributed by atoms with Crippen LogP contribution in [0.2, 0.25) is 0 Å². The monoisotopic (exact) mass is 273 g/mol. The first-order chi connectivity index (χ1) is 8.67. The van der Waals surface area contributed by atoms with E-state index in [4.69, 9.17) is 14.6 Å². The van der Waals surface area contributed by atoms with Gasteiger partial charge >= 0.3 is 18.0 Å². The maximum Gasteiger partial charge on any atom is 0.411 e. The molecule has 1 rings (SSSR count). The summed E-state index contributed by atoms with van der Waals surface area (Å²) in [5.41, 5.74) is -0.704. The van der Waals surface area contributed by atoms with E-state index in [9.17, 15) is 14.4 Å². The zero-order valence-electron chi connectivity index (χ0n) is 11.5. The van der Waals surface area contributed by atoms with E-state index in [-0.39, 0.29) is 13.2 Å². The molecule has 1 N–H and O–H groups in total. The Labute approximate surface area is 111 Å². The summed E-state index contributed by atoms with van der Waals surface area (Å²) in [6, 6.07) is -1.10. The summed E-state index contributed by atoms with van der Waals surface area (Å²) in [6.45, 7) is 6.78. The van der Waals surface area contributed by atoms with Gasteiger partial charge in [-0.15, -0.1) is 0 Å². The Morgan fingerprint density at radius 1 is 1.32 bits per heavy atom. The van der Waals surface area contributed by atoms with E-state index in [1.54, 1.807) is 27.7 Å². The number of carboxylic acid groups (broad SMARTS) is 1. The lowest BCUT2D eigenvalue weighted by molar-refractivity contribution is -0.169. The summed E-state index contributed by atoms with van der Waals surface area (Å²) in [6.07, 6.45) is -0.706. The zero-order chi connectivity index (χ0) is 14.8. The molecule has 1 fully saturated rings. The van der Waals surface area contributed by atoms with Crippen LogP contribution in [0.15, 0.2) is 0 Å². The van der Waals surface area contributed by atoms with Crippen molar-refractivity contribution in [1.82, 2.24) is 4.90 Å². The van der Waals surface area contributed by atoms with Gasteiger partial charge in [-0.25, -0.2) is 9.59 Å². The molecule has 0 spiro atoms. The predicted molar refractivity (Wildman–Crippen MR) is 64.5 cm³/mol. The molecule has 7 nitrogen and oxygen atoms in total. The molecule has 0 aromatic carbocycles. The Balaban J connectivity index is 2.76. The first kappa shape index (κ1) is 15.3. The van der Waals surface area contributed by atoms with Crippen LogP contribution in [0.5, 0.6) is 0 Å². The topological polar surface area (TPSA) is 93.1 Å². The smallest absolute Gasteiger partial charge is 0.411 e. The lowest BCUT2D eigenvalue weighted by atomic mass is 9.89. The molecule has 7 heteroatoms. The second kappa shape index (κ2) is 5.46. The number of esters is 1. The van der Waals surface area contributed by atoms with E-state index < -0.39 is 35.6 Å². The van der Waals surface area contributed by atoms with Gasteiger partial charge in [0.15, 0.2) is 0 Å². The van der Waals surface area contributed by atoms with Crippen molar-refractivity contribution in [3.63, 3.8) is 0 Å². The SMILES string of the molecule is CCOC(=O)[C@H]1[C@H](C(=O)O)CN1C(=O)OC(C)(C)C. The highest BCUT2D eigenvalue weighted by atomic mass is 16.6. The number of carbonyl (C=O) groups is 3. The largest absolute Gasteiger partial charge is 0.481 e. The molecule has 19 heavy (non-hydrogen) atoms. The van der Waals surface area contributed by atoms with E-state index in [1.807, 2.05) is 0 Å². The third kappa shape index (κ3) is 3.59. The van der Waals surface area contributed by atoms with Gasteiger partial charge in [-0.2, -0.15) is 0 Å². The molecule has 2 atom stereocenters. The number of hydrogen-bond acceptors (Lipinski definition) is 5. The number of carboxylic acids is 1. The van der Waals surface area contributed by atoms with Gasteiger partial charge in [0.05, 0.1) is 6.61 Å². The fraction of sp³-hybridized carbons (Fsp3) is 0.750. The van der Waals surface area contributed by atoms with Crippen molar-refractivity contribution in [3.8, 4) is 0 Å². The fourth-order valence-electron chi connectivity index (χ4n) is 1.75. The highest BCUT2D eigenvalue weighted by molar-refractivity contribution is 5.90. The number of ether oxygens (including phenoxy) is 2. The van der Waals surface area contributed by atoms with Gasteiger partial charge in [0, 0.05) is 6.54 Å². The molecule has 0 aliphatic carbocycles. The molecule has 108 valence electrons. The molecule has 1 aliphatic rings. The molecular formula is C12H19NO6. The van der Waals surface area contributed by atoms with Gasteiger partial charge in [0.2, 0.25) is 0 Å². The minimum atomic E-state index is -1.13. The minimum absolute atomic E-state index is 0.0479. The number of rotatable bonds is 3. The van der Waals surface area contributed by atoms with Crippen molar-refractivity contribution in [1.29, 1.82) is 0 Å². The molecule has 1 aliphatic heterocycles. The Hall–Kier alpha value is -1.79. The quantitative estimate of drug-likeness (QED) is 0.767. The van der Waals surface area contributed by atoms with Crippen LogP contribution < -0.4 is 0 Å². The molecule has 1 amide bonds. The van der Waals surface area contributed by atoms with Crippen LogP contribution in [0.25, 0.3) is 0 Å². The highest BCUT2D eigenvalue weighted by Gasteiger charge is 2.52. The fourth-order valence-corrected chi connectivity index (χ4v) is 1.75. The predicted octanol–water partition coefficient (Wildman–Crippen LogP) is 0.870. The summed E-state index contributed by atoms with van der Waals surface area (Å²) in [5.74, 6) is -2.78. The number of hydrogen-bond donors (Lipinski definition) is 1. The van der Waals surface area contributed by atoms with Crippen LogP contribution >= 0.6 is 0 Å².